The lowest BCUT2D eigenvalue weighted by Gasteiger charge is -2.12. The summed E-state index contributed by atoms with van der Waals surface area (Å²) >= 11 is 0. The summed E-state index contributed by atoms with van der Waals surface area (Å²) < 4.78 is 12.0. The van der Waals surface area contributed by atoms with Crippen molar-refractivity contribution in [2.75, 3.05) is 12.1 Å². The molecule has 6 heteroatoms. The van der Waals surface area contributed by atoms with Crippen molar-refractivity contribution in [3.63, 3.8) is 0 Å². The molecule has 1 aromatic heterocycles. The molecule has 1 aliphatic heterocycles. The molecule has 0 saturated heterocycles. The standard InChI is InChI=1S/C19H16N2O4/c1-12-8-13-4-2-3-5-15(13)21(19(12)23)10-18(22)20-14-6-7-16-17(9-14)25-11-24-16/h2-9H,10-11H2,1H3,(H,20,22). The van der Waals surface area contributed by atoms with Gasteiger partial charge in [-0.2, -0.15) is 0 Å². The Labute approximate surface area is 143 Å². The molecule has 1 amide bonds. The minimum absolute atomic E-state index is 0.0601. The van der Waals surface area contributed by atoms with E-state index in [9.17, 15) is 9.59 Å². The van der Waals surface area contributed by atoms with Gasteiger partial charge in [0.25, 0.3) is 5.56 Å². The fraction of sp³-hybridized carbons (Fsp3) is 0.158. The highest BCUT2D eigenvalue weighted by Gasteiger charge is 2.15. The second-order valence-corrected chi connectivity index (χ2v) is 5.89. The van der Waals surface area contributed by atoms with E-state index in [-0.39, 0.29) is 24.8 Å². The van der Waals surface area contributed by atoms with Crippen LogP contribution >= 0.6 is 0 Å². The number of pyridine rings is 1. The molecule has 1 N–H and O–H groups in total. The van der Waals surface area contributed by atoms with Crippen LogP contribution in [0.5, 0.6) is 11.5 Å². The molecule has 0 saturated carbocycles. The molecule has 3 aromatic rings. The van der Waals surface area contributed by atoms with Gasteiger partial charge in [0.15, 0.2) is 11.5 Å². The van der Waals surface area contributed by atoms with E-state index in [1.807, 2.05) is 30.3 Å². The Balaban J connectivity index is 1.62. The van der Waals surface area contributed by atoms with Crippen LogP contribution < -0.4 is 20.3 Å². The number of rotatable bonds is 3. The van der Waals surface area contributed by atoms with Gasteiger partial charge < -0.3 is 14.8 Å². The lowest BCUT2D eigenvalue weighted by molar-refractivity contribution is -0.116. The molecule has 0 bridgehead atoms. The molecule has 0 fully saturated rings. The van der Waals surface area contributed by atoms with E-state index in [4.69, 9.17) is 9.47 Å². The lowest BCUT2D eigenvalue weighted by atomic mass is 10.1. The second-order valence-electron chi connectivity index (χ2n) is 5.89. The normalized spacial score (nSPS) is 12.4. The van der Waals surface area contributed by atoms with Gasteiger partial charge in [0, 0.05) is 17.3 Å². The third kappa shape index (κ3) is 2.82. The zero-order chi connectivity index (χ0) is 17.4. The summed E-state index contributed by atoms with van der Waals surface area (Å²) in [7, 11) is 0. The van der Waals surface area contributed by atoms with Gasteiger partial charge in [0.2, 0.25) is 12.7 Å². The number of aryl methyl sites for hydroxylation is 1. The molecule has 2 aromatic carbocycles. The Morgan fingerprint density at radius 3 is 2.80 bits per heavy atom. The van der Waals surface area contributed by atoms with Gasteiger partial charge in [0.1, 0.15) is 6.54 Å². The van der Waals surface area contributed by atoms with Crippen molar-refractivity contribution in [2.24, 2.45) is 0 Å². The third-order valence-corrected chi connectivity index (χ3v) is 4.14. The fourth-order valence-electron chi connectivity index (χ4n) is 2.95. The number of para-hydroxylation sites is 1. The molecular weight excluding hydrogens is 320 g/mol. The summed E-state index contributed by atoms with van der Waals surface area (Å²) in [6.07, 6.45) is 0. The number of amides is 1. The molecule has 0 unspecified atom stereocenters. The summed E-state index contributed by atoms with van der Waals surface area (Å²) in [5, 5.41) is 3.72. The Morgan fingerprint density at radius 1 is 1.12 bits per heavy atom. The Hall–Kier alpha value is -3.28. The number of nitrogens with one attached hydrogen (secondary N) is 1. The molecule has 25 heavy (non-hydrogen) atoms. The van der Waals surface area contributed by atoms with Gasteiger partial charge in [0.05, 0.1) is 5.52 Å². The van der Waals surface area contributed by atoms with Crippen LogP contribution in [0.1, 0.15) is 5.56 Å². The van der Waals surface area contributed by atoms with E-state index in [2.05, 4.69) is 5.32 Å². The zero-order valence-electron chi connectivity index (χ0n) is 13.6. The number of nitrogens with zero attached hydrogens (tertiary/aromatic N) is 1. The van der Waals surface area contributed by atoms with Crippen LogP contribution in [0.2, 0.25) is 0 Å². The van der Waals surface area contributed by atoms with Crippen LogP contribution in [-0.4, -0.2) is 17.3 Å². The van der Waals surface area contributed by atoms with E-state index in [1.165, 1.54) is 4.57 Å². The zero-order valence-corrected chi connectivity index (χ0v) is 13.6. The topological polar surface area (TPSA) is 69.6 Å². The van der Waals surface area contributed by atoms with Gasteiger partial charge in [-0.3, -0.25) is 14.2 Å². The smallest absolute Gasteiger partial charge is 0.254 e. The van der Waals surface area contributed by atoms with E-state index >= 15 is 0 Å². The summed E-state index contributed by atoms with van der Waals surface area (Å²) in [5.41, 5.74) is 1.77. The molecule has 2 heterocycles. The molecule has 0 spiro atoms. The maximum absolute atomic E-state index is 12.5. The first-order valence-corrected chi connectivity index (χ1v) is 7.90. The molecule has 126 valence electrons. The van der Waals surface area contributed by atoms with Crippen LogP contribution in [0.4, 0.5) is 5.69 Å². The van der Waals surface area contributed by atoms with Crippen LogP contribution in [-0.2, 0) is 11.3 Å². The molecular formula is C19H16N2O4. The summed E-state index contributed by atoms with van der Waals surface area (Å²) in [4.78, 5) is 24.9. The quantitative estimate of drug-likeness (QED) is 0.798. The number of carbonyl (C=O) groups excluding carboxylic acids is 1. The van der Waals surface area contributed by atoms with Crippen molar-refractivity contribution >= 4 is 22.5 Å². The van der Waals surface area contributed by atoms with Gasteiger partial charge in [-0.15, -0.1) is 0 Å². The summed E-state index contributed by atoms with van der Waals surface area (Å²) in [6, 6.07) is 14.5. The molecule has 4 rings (SSSR count). The minimum atomic E-state index is -0.281. The number of hydrogen-bond acceptors (Lipinski definition) is 4. The van der Waals surface area contributed by atoms with Gasteiger partial charge in [-0.25, -0.2) is 0 Å². The highest BCUT2D eigenvalue weighted by Crippen LogP contribution is 2.34. The average molecular weight is 336 g/mol. The second kappa shape index (κ2) is 5.98. The van der Waals surface area contributed by atoms with Crippen molar-refractivity contribution in [1.29, 1.82) is 0 Å². The van der Waals surface area contributed by atoms with Crippen LogP contribution in [0.25, 0.3) is 10.9 Å². The van der Waals surface area contributed by atoms with Crippen LogP contribution in [0.3, 0.4) is 0 Å². The van der Waals surface area contributed by atoms with E-state index in [1.54, 1.807) is 25.1 Å². The van der Waals surface area contributed by atoms with Crippen molar-refractivity contribution in [3.05, 3.63) is 64.4 Å². The molecule has 1 aliphatic rings. The average Bonchev–Trinajstić information content (AvgIpc) is 3.06. The number of ether oxygens (including phenoxy) is 2. The maximum atomic E-state index is 12.5. The highest BCUT2D eigenvalue weighted by atomic mass is 16.7. The number of aromatic nitrogens is 1. The number of anilines is 1. The SMILES string of the molecule is Cc1cc2ccccc2n(CC(=O)Nc2ccc3c(c2)OCO3)c1=O. The molecule has 0 aliphatic carbocycles. The minimum Gasteiger partial charge on any atom is -0.454 e. The highest BCUT2D eigenvalue weighted by molar-refractivity contribution is 5.92. The monoisotopic (exact) mass is 336 g/mol. The summed E-state index contributed by atoms with van der Waals surface area (Å²) in [5.74, 6) is 0.964. The first kappa shape index (κ1) is 15.3. The third-order valence-electron chi connectivity index (χ3n) is 4.14. The van der Waals surface area contributed by atoms with Crippen molar-refractivity contribution in [1.82, 2.24) is 4.57 Å². The number of hydrogen-bond donors (Lipinski definition) is 1. The largest absolute Gasteiger partial charge is 0.454 e. The van der Waals surface area contributed by atoms with E-state index < -0.39 is 0 Å². The first-order valence-electron chi connectivity index (χ1n) is 7.90. The molecule has 6 nitrogen and oxygen atoms in total. The predicted molar refractivity (Wildman–Crippen MR) is 94.1 cm³/mol. The Bertz CT molecular complexity index is 1040. The van der Waals surface area contributed by atoms with Gasteiger partial charge in [-0.1, -0.05) is 18.2 Å². The number of benzene rings is 2. The lowest BCUT2D eigenvalue weighted by Crippen LogP contribution is -2.29. The molecule has 0 radical (unpaired) electrons. The summed E-state index contributed by atoms with van der Waals surface area (Å²) in [6.45, 7) is 1.87. The van der Waals surface area contributed by atoms with Crippen LogP contribution in [0, 0.1) is 6.92 Å². The van der Waals surface area contributed by atoms with E-state index in [0.29, 0.717) is 22.7 Å². The fourth-order valence-corrected chi connectivity index (χ4v) is 2.95. The number of carbonyl (C=O) groups is 1. The predicted octanol–water partition coefficient (Wildman–Crippen LogP) is 2.68. The Morgan fingerprint density at radius 2 is 1.92 bits per heavy atom. The van der Waals surface area contributed by atoms with Gasteiger partial charge in [-0.05, 0) is 36.6 Å². The number of fused-ring (bicyclic) bond motifs is 2. The van der Waals surface area contributed by atoms with E-state index in [0.717, 1.165) is 10.9 Å². The van der Waals surface area contributed by atoms with Gasteiger partial charge >= 0.3 is 0 Å². The Kier molecular flexibility index (Phi) is 3.65. The first-order chi connectivity index (χ1) is 12.1. The van der Waals surface area contributed by atoms with Crippen LogP contribution in [0.15, 0.2) is 53.3 Å². The van der Waals surface area contributed by atoms with Crippen molar-refractivity contribution < 1.29 is 14.3 Å². The van der Waals surface area contributed by atoms with Crippen molar-refractivity contribution in [2.45, 2.75) is 13.5 Å². The molecule has 0 atom stereocenters. The maximum Gasteiger partial charge on any atom is 0.254 e. The van der Waals surface area contributed by atoms with Crippen molar-refractivity contribution in [3.8, 4) is 11.5 Å².